The molecule has 2 aromatic heterocycles. The number of rotatable bonds is 5. The molecule has 102 valence electrons. The average molecular weight is 279 g/mol. The molecule has 0 aliphatic rings. The number of thiophene rings is 1. The zero-order valence-electron chi connectivity index (χ0n) is 11.1. The molecule has 0 aromatic carbocycles. The molecular weight excluding hydrogens is 262 g/mol. The summed E-state index contributed by atoms with van der Waals surface area (Å²) >= 11 is 1.76. The molecular formula is C14H17NO3S. The van der Waals surface area contributed by atoms with Crippen molar-refractivity contribution in [2.75, 3.05) is 0 Å². The molecule has 2 heterocycles. The Morgan fingerprint density at radius 1 is 1.26 bits per heavy atom. The van der Waals surface area contributed by atoms with Gasteiger partial charge in [-0.1, -0.05) is 0 Å². The van der Waals surface area contributed by atoms with E-state index in [1.807, 2.05) is 6.92 Å². The van der Waals surface area contributed by atoms with Crippen LogP contribution >= 0.6 is 11.3 Å². The molecule has 0 saturated heterocycles. The lowest BCUT2D eigenvalue weighted by atomic mass is 10.2. The van der Waals surface area contributed by atoms with E-state index < -0.39 is 5.97 Å². The molecule has 0 amide bonds. The molecule has 2 rings (SSSR count). The predicted octanol–water partition coefficient (Wildman–Crippen LogP) is 3.76. The Morgan fingerprint density at radius 2 is 2.00 bits per heavy atom. The van der Waals surface area contributed by atoms with E-state index in [0.29, 0.717) is 5.76 Å². The second-order valence-corrected chi connectivity index (χ2v) is 5.89. The largest absolute Gasteiger partial charge is 0.475 e. The van der Waals surface area contributed by atoms with E-state index in [2.05, 4.69) is 31.3 Å². The normalized spacial score (nSPS) is 14.3. The SMILES string of the molecule is Cc1ccc(C(C)NC(C)c2ccc(C(=O)O)o2)s1. The Balaban J connectivity index is 2.03. The summed E-state index contributed by atoms with van der Waals surface area (Å²) in [6, 6.07) is 7.55. The Kier molecular flexibility index (Phi) is 4.07. The van der Waals surface area contributed by atoms with Gasteiger partial charge in [0.2, 0.25) is 5.76 Å². The van der Waals surface area contributed by atoms with E-state index in [0.717, 1.165) is 0 Å². The summed E-state index contributed by atoms with van der Waals surface area (Å²) in [4.78, 5) is 13.3. The van der Waals surface area contributed by atoms with Crippen LogP contribution < -0.4 is 5.32 Å². The van der Waals surface area contributed by atoms with Crippen LogP contribution in [-0.2, 0) is 0 Å². The summed E-state index contributed by atoms with van der Waals surface area (Å²) in [7, 11) is 0. The maximum absolute atomic E-state index is 10.8. The van der Waals surface area contributed by atoms with Gasteiger partial charge in [-0.15, -0.1) is 11.3 Å². The van der Waals surface area contributed by atoms with E-state index in [4.69, 9.17) is 9.52 Å². The van der Waals surface area contributed by atoms with E-state index in [9.17, 15) is 4.79 Å². The molecule has 0 aliphatic carbocycles. The molecule has 0 aliphatic heterocycles. The Morgan fingerprint density at radius 3 is 2.53 bits per heavy atom. The number of hydrogen-bond acceptors (Lipinski definition) is 4. The Labute approximate surface area is 116 Å². The van der Waals surface area contributed by atoms with Gasteiger partial charge in [-0.25, -0.2) is 4.79 Å². The fourth-order valence-corrected chi connectivity index (χ4v) is 2.81. The van der Waals surface area contributed by atoms with Crippen molar-refractivity contribution >= 4 is 17.3 Å². The number of aryl methyl sites for hydroxylation is 1. The van der Waals surface area contributed by atoms with Gasteiger partial charge in [0.05, 0.1) is 6.04 Å². The van der Waals surface area contributed by atoms with Crippen LogP contribution in [0.4, 0.5) is 0 Å². The maximum Gasteiger partial charge on any atom is 0.371 e. The lowest BCUT2D eigenvalue weighted by Gasteiger charge is -2.17. The van der Waals surface area contributed by atoms with Gasteiger partial charge in [0.25, 0.3) is 0 Å². The topological polar surface area (TPSA) is 62.5 Å². The van der Waals surface area contributed by atoms with Crippen molar-refractivity contribution in [2.45, 2.75) is 32.9 Å². The number of nitrogens with one attached hydrogen (secondary N) is 1. The van der Waals surface area contributed by atoms with Crippen molar-refractivity contribution in [3.05, 3.63) is 45.5 Å². The standard InChI is InChI=1S/C14H17NO3S/c1-8-4-7-13(19-8)10(3)15-9(2)11-5-6-12(18-11)14(16)17/h4-7,9-10,15H,1-3H3,(H,16,17). The number of aromatic carboxylic acids is 1. The molecule has 4 nitrogen and oxygen atoms in total. The zero-order valence-corrected chi connectivity index (χ0v) is 12.0. The quantitative estimate of drug-likeness (QED) is 0.874. The van der Waals surface area contributed by atoms with Crippen LogP contribution in [0.25, 0.3) is 0 Å². The molecule has 5 heteroatoms. The second-order valence-electron chi connectivity index (χ2n) is 4.57. The van der Waals surface area contributed by atoms with Crippen LogP contribution in [0.5, 0.6) is 0 Å². The highest BCUT2D eigenvalue weighted by Gasteiger charge is 2.17. The molecule has 0 fully saturated rings. The summed E-state index contributed by atoms with van der Waals surface area (Å²) in [5, 5.41) is 12.2. The van der Waals surface area contributed by atoms with Crippen molar-refractivity contribution in [1.29, 1.82) is 0 Å². The van der Waals surface area contributed by atoms with Crippen LogP contribution in [0.1, 0.15) is 52.0 Å². The third kappa shape index (κ3) is 3.24. The fraction of sp³-hybridized carbons (Fsp3) is 0.357. The minimum Gasteiger partial charge on any atom is -0.475 e. The summed E-state index contributed by atoms with van der Waals surface area (Å²) in [6.07, 6.45) is 0. The third-order valence-corrected chi connectivity index (χ3v) is 4.14. The van der Waals surface area contributed by atoms with Gasteiger partial charge in [0.15, 0.2) is 0 Å². The fourth-order valence-electron chi connectivity index (χ4n) is 1.93. The van der Waals surface area contributed by atoms with Crippen molar-refractivity contribution in [3.8, 4) is 0 Å². The molecule has 2 aromatic rings. The number of hydrogen-bond donors (Lipinski definition) is 2. The molecule has 0 bridgehead atoms. The minimum atomic E-state index is -1.04. The van der Waals surface area contributed by atoms with E-state index in [-0.39, 0.29) is 17.8 Å². The van der Waals surface area contributed by atoms with Crippen molar-refractivity contribution in [2.24, 2.45) is 0 Å². The van der Waals surface area contributed by atoms with Gasteiger partial charge in [-0.3, -0.25) is 0 Å². The van der Waals surface area contributed by atoms with E-state index in [1.165, 1.54) is 15.8 Å². The predicted molar refractivity (Wildman–Crippen MR) is 74.7 cm³/mol. The summed E-state index contributed by atoms with van der Waals surface area (Å²) < 4.78 is 5.29. The molecule has 2 atom stereocenters. The molecule has 2 N–H and O–H groups in total. The van der Waals surface area contributed by atoms with Crippen molar-refractivity contribution < 1.29 is 14.3 Å². The van der Waals surface area contributed by atoms with Gasteiger partial charge in [-0.05, 0) is 45.0 Å². The van der Waals surface area contributed by atoms with E-state index >= 15 is 0 Å². The van der Waals surface area contributed by atoms with Crippen LogP contribution in [-0.4, -0.2) is 11.1 Å². The van der Waals surface area contributed by atoms with Gasteiger partial charge in [0.1, 0.15) is 5.76 Å². The van der Waals surface area contributed by atoms with Crippen LogP contribution in [0.15, 0.2) is 28.7 Å². The third-order valence-electron chi connectivity index (χ3n) is 2.95. The van der Waals surface area contributed by atoms with E-state index in [1.54, 1.807) is 17.4 Å². The lowest BCUT2D eigenvalue weighted by molar-refractivity contribution is 0.0659. The monoisotopic (exact) mass is 279 g/mol. The molecule has 0 saturated carbocycles. The van der Waals surface area contributed by atoms with Gasteiger partial charge >= 0.3 is 5.97 Å². The molecule has 0 spiro atoms. The average Bonchev–Trinajstić information content (AvgIpc) is 2.96. The molecule has 2 unspecified atom stereocenters. The lowest BCUT2D eigenvalue weighted by Crippen LogP contribution is -2.21. The summed E-state index contributed by atoms with van der Waals surface area (Å²) in [6.45, 7) is 6.13. The van der Waals surface area contributed by atoms with Crippen molar-refractivity contribution in [3.63, 3.8) is 0 Å². The number of carbonyl (C=O) groups is 1. The minimum absolute atomic E-state index is 0.0247. The zero-order chi connectivity index (χ0) is 14.0. The highest BCUT2D eigenvalue weighted by Crippen LogP contribution is 2.25. The van der Waals surface area contributed by atoms with Crippen molar-refractivity contribution in [1.82, 2.24) is 5.32 Å². The van der Waals surface area contributed by atoms with Crippen LogP contribution in [0, 0.1) is 6.92 Å². The highest BCUT2D eigenvalue weighted by molar-refractivity contribution is 7.12. The Hall–Kier alpha value is -1.59. The number of carboxylic acids is 1. The second kappa shape index (κ2) is 5.59. The highest BCUT2D eigenvalue weighted by atomic mass is 32.1. The van der Waals surface area contributed by atoms with Gasteiger partial charge < -0.3 is 14.8 Å². The Bertz CT molecular complexity index is 573. The van der Waals surface area contributed by atoms with Gasteiger partial charge in [-0.2, -0.15) is 0 Å². The smallest absolute Gasteiger partial charge is 0.371 e. The molecule has 19 heavy (non-hydrogen) atoms. The first-order chi connectivity index (χ1) is 8.97. The first kappa shape index (κ1) is 13.8. The maximum atomic E-state index is 10.8. The first-order valence-corrected chi connectivity index (χ1v) is 6.94. The summed E-state index contributed by atoms with van der Waals surface area (Å²) in [5.74, 6) is -0.429. The first-order valence-electron chi connectivity index (χ1n) is 6.12. The number of carboxylic acid groups (broad SMARTS) is 1. The van der Waals surface area contributed by atoms with Gasteiger partial charge in [0, 0.05) is 15.8 Å². The summed E-state index contributed by atoms with van der Waals surface area (Å²) in [5.41, 5.74) is 0. The number of furan rings is 1. The molecule has 0 radical (unpaired) electrons. The van der Waals surface area contributed by atoms with Crippen LogP contribution in [0.2, 0.25) is 0 Å². The van der Waals surface area contributed by atoms with Crippen LogP contribution in [0.3, 0.4) is 0 Å².